The van der Waals surface area contributed by atoms with Gasteiger partial charge in [-0.3, -0.25) is 4.79 Å². The molecule has 8 aromatic rings. The van der Waals surface area contributed by atoms with Crippen molar-refractivity contribution in [3.8, 4) is 0 Å². The van der Waals surface area contributed by atoms with E-state index in [1.807, 2.05) is 24.3 Å². The first-order chi connectivity index (χ1) is 29.0. The van der Waals surface area contributed by atoms with Crippen LogP contribution in [0.2, 0.25) is 0 Å². The highest BCUT2D eigenvalue weighted by atomic mass is 79.9. The molecule has 0 fully saturated rings. The number of carbonyl (C=O) groups excluding carboxylic acids is 1. The van der Waals surface area contributed by atoms with Gasteiger partial charge in [0.15, 0.2) is 5.78 Å². The minimum atomic E-state index is -2.67. The van der Waals surface area contributed by atoms with Crippen LogP contribution in [0.15, 0.2) is 194 Å². The standard InChI is InChI=1S/C51H36F6OP2.2BrH/c52-39-9-21-45(22-10-39)59(46-23-11-40(53)12-24-46,47-25-13-41(54)14-26-47)33-35-1-5-37(6-2-35)51(58)38-7-3-36(4-8-38)34-60(48-27-15-42(55)16-28-48,49-29-17-43(56)18-30-49)50-31-19-44(57)20-32-50;;/h1-32H,33-34H2;2*1H/q+2;;/p-2. The molecule has 1 nitrogen and oxygen atoms in total. The first kappa shape index (κ1) is 46.3. The second kappa shape index (κ2) is 19.9. The fourth-order valence-corrected chi connectivity index (χ4v) is 16.2. The van der Waals surface area contributed by atoms with E-state index in [0.29, 0.717) is 23.5 Å². The highest BCUT2D eigenvalue weighted by Gasteiger charge is 2.47. The third kappa shape index (κ3) is 9.57. The molecule has 0 atom stereocenters. The van der Waals surface area contributed by atoms with Crippen molar-refractivity contribution in [3.05, 3.63) is 251 Å². The molecule has 0 saturated heterocycles. The summed E-state index contributed by atoms with van der Waals surface area (Å²) in [7, 11) is -5.33. The number of hydrogen-bond acceptors (Lipinski definition) is 1. The Kier molecular flexibility index (Phi) is 14.9. The number of carbonyl (C=O) groups is 1. The van der Waals surface area contributed by atoms with Gasteiger partial charge in [-0.25, -0.2) is 26.3 Å². The highest BCUT2D eigenvalue weighted by Crippen LogP contribution is 2.59. The van der Waals surface area contributed by atoms with Crippen molar-refractivity contribution in [1.82, 2.24) is 0 Å². The van der Waals surface area contributed by atoms with Gasteiger partial charge in [-0.2, -0.15) is 0 Å². The molecule has 62 heavy (non-hydrogen) atoms. The monoisotopic (exact) mass is 998 g/mol. The van der Waals surface area contributed by atoms with E-state index in [-0.39, 0.29) is 39.7 Å². The average molecular weight is 1000 g/mol. The Morgan fingerprint density at radius 2 is 0.468 bits per heavy atom. The molecule has 0 spiro atoms. The molecule has 312 valence electrons. The molecule has 0 radical (unpaired) electrons. The van der Waals surface area contributed by atoms with E-state index >= 15 is 0 Å². The van der Waals surface area contributed by atoms with Crippen molar-refractivity contribution in [2.75, 3.05) is 0 Å². The van der Waals surface area contributed by atoms with Gasteiger partial charge in [-0.15, -0.1) is 0 Å². The van der Waals surface area contributed by atoms with Crippen molar-refractivity contribution in [2.45, 2.75) is 12.3 Å². The third-order valence-electron chi connectivity index (χ3n) is 10.9. The number of ketones is 1. The summed E-state index contributed by atoms with van der Waals surface area (Å²) >= 11 is 0. The number of hydrogen-bond donors (Lipinski definition) is 0. The Morgan fingerprint density at radius 3 is 0.645 bits per heavy atom. The lowest BCUT2D eigenvalue weighted by Crippen LogP contribution is -3.00. The van der Waals surface area contributed by atoms with Crippen LogP contribution < -0.4 is 65.8 Å². The quantitative estimate of drug-likeness (QED) is 0.0984. The maximum absolute atomic E-state index is 14.3. The van der Waals surface area contributed by atoms with E-state index in [2.05, 4.69) is 0 Å². The van der Waals surface area contributed by atoms with Crippen LogP contribution >= 0.6 is 14.5 Å². The Hall–Kier alpha value is -5.17. The summed E-state index contributed by atoms with van der Waals surface area (Å²) in [6.07, 6.45) is 0.861. The van der Waals surface area contributed by atoms with Crippen LogP contribution in [0.4, 0.5) is 26.3 Å². The van der Waals surface area contributed by atoms with Gasteiger partial charge in [-0.1, -0.05) is 48.5 Å². The molecular formula is C51H36Br2F6OP2. The maximum atomic E-state index is 14.3. The van der Waals surface area contributed by atoms with Crippen molar-refractivity contribution in [3.63, 3.8) is 0 Å². The van der Waals surface area contributed by atoms with E-state index in [1.165, 1.54) is 72.8 Å². The summed E-state index contributed by atoms with van der Waals surface area (Å²) in [5.41, 5.74) is 2.64. The van der Waals surface area contributed by atoms with Gasteiger partial charge in [0.2, 0.25) is 0 Å². The predicted molar refractivity (Wildman–Crippen MR) is 234 cm³/mol. The lowest BCUT2D eigenvalue weighted by Gasteiger charge is -2.28. The van der Waals surface area contributed by atoms with Gasteiger partial charge in [0, 0.05) is 11.1 Å². The Labute approximate surface area is 378 Å². The largest absolute Gasteiger partial charge is 1.00 e. The molecule has 0 amide bonds. The van der Waals surface area contributed by atoms with Gasteiger partial charge in [0.05, 0.1) is 12.3 Å². The van der Waals surface area contributed by atoms with Crippen LogP contribution in [-0.4, -0.2) is 5.78 Å². The van der Waals surface area contributed by atoms with Gasteiger partial charge in [0.25, 0.3) is 0 Å². The molecular weight excluding hydrogens is 964 g/mol. The lowest BCUT2D eigenvalue weighted by atomic mass is 10.0. The summed E-state index contributed by atoms with van der Waals surface area (Å²) in [5.74, 6) is -2.62. The van der Waals surface area contributed by atoms with Gasteiger partial charge >= 0.3 is 0 Å². The van der Waals surface area contributed by atoms with Gasteiger partial charge in [0.1, 0.15) is 81.3 Å². The van der Waals surface area contributed by atoms with E-state index in [1.54, 1.807) is 97.1 Å². The van der Waals surface area contributed by atoms with E-state index in [4.69, 9.17) is 0 Å². The minimum Gasteiger partial charge on any atom is -1.00 e. The van der Waals surface area contributed by atoms with Crippen molar-refractivity contribution in [1.29, 1.82) is 0 Å². The third-order valence-corrected chi connectivity index (χ3v) is 19.6. The number of halogens is 8. The van der Waals surface area contributed by atoms with Crippen LogP contribution in [0.1, 0.15) is 27.0 Å². The molecule has 0 aliphatic heterocycles. The topological polar surface area (TPSA) is 17.1 Å². The second-order valence-electron chi connectivity index (χ2n) is 14.5. The molecule has 0 bridgehead atoms. The minimum absolute atomic E-state index is 0. The smallest absolute Gasteiger partial charge is 0.193 e. The van der Waals surface area contributed by atoms with Crippen LogP contribution in [0.3, 0.4) is 0 Å². The average Bonchev–Trinajstić information content (AvgIpc) is 3.27. The van der Waals surface area contributed by atoms with E-state index in [9.17, 15) is 31.1 Å². The molecule has 0 aromatic heterocycles. The molecule has 0 N–H and O–H groups in total. The molecule has 0 saturated carbocycles. The normalized spacial score (nSPS) is 11.3. The Morgan fingerprint density at radius 1 is 0.290 bits per heavy atom. The van der Waals surface area contributed by atoms with Crippen LogP contribution in [0.25, 0.3) is 0 Å². The van der Waals surface area contributed by atoms with Gasteiger partial charge in [-0.05, 0) is 157 Å². The van der Waals surface area contributed by atoms with Crippen molar-refractivity contribution < 1.29 is 65.1 Å². The zero-order valence-corrected chi connectivity index (χ0v) is 37.7. The first-order valence-electron chi connectivity index (χ1n) is 19.1. The summed E-state index contributed by atoms with van der Waals surface area (Å²) in [6.45, 7) is 0. The zero-order chi connectivity index (χ0) is 41.9. The van der Waals surface area contributed by atoms with E-state index in [0.717, 1.165) is 43.0 Å². The first-order valence-corrected chi connectivity index (χ1v) is 23.0. The lowest BCUT2D eigenvalue weighted by molar-refractivity contribution is -0.001000. The molecule has 8 aromatic carbocycles. The van der Waals surface area contributed by atoms with Crippen molar-refractivity contribution >= 4 is 52.1 Å². The number of rotatable bonds is 12. The van der Waals surface area contributed by atoms with Crippen LogP contribution in [0, 0.1) is 34.9 Å². The molecule has 0 heterocycles. The Bertz CT molecular complexity index is 2320. The summed E-state index contributed by atoms with van der Waals surface area (Å²) in [6, 6.07) is 51.9. The summed E-state index contributed by atoms with van der Waals surface area (Å²) in [4.78, 5) is 14.0. The van der Waals surface area contributed by atoms with Crippen LogP contribution in [0.5, 0.6) is 0 Å². The molecule has 0 aliphatic rings. The Balaban J connectivity index is 0.00000321. The second-order valence-corrected chi connectivity index (χ2v) is 21.5. The van der Waals surface area contributed by atoms with Crippen molar-refractivity contribution in [2.24, 2.45) is 0 Å². The van der Waals surface area contributed by atoms with Gasteiger partial charge < -0.3 is 34.0 Å². The zero-order valence-electron chi connectivity index (χ0n) is 32.7. The highest BCUT2D eigenvalue weighted by molar-refractivity contribution is 7.95. The molecule has 11 heteroatoms. The molecule has 8 rings (SSSR count). The maximum Gasteiger partial charge on any atom is 0.193 e. The number of benzene rings is 8. The molecule has 0 aliphatic carbocycles. The fourth-order valence-electron chi connectivity index (χ4n) is 7.85. The fraction of sp³-hybridized carbons (Fsp3) is 0.0392. The molecule has 0 unspecified atom stereocenters. The summed E-state index contributed by atoms with van der Waals surface area (Å²) in [5, 5.41) is 4.96. The summed E-state index contributed by atoms with van der Waals surface area (Å²) < 4.78 is 85.6. The van der Waals surface area contributed by atoms with E-state index < -0.39 is 49.4 Å². The van der Waals surface area contributed by atoms with Crippen LogP contribution in [-0.2, 0) is 12.3 Å². The SMILES string of the molecule is O=C(c1ccc(C[P+](c2ccc(F)cc2)(c2ccc(F)cc2)c2ccc(F)cc2)cc1)c1ccc(C[P+](c2ccc(F)cc2)(c2ccc(F)cc2)c2ccc(F)cc2)cc1.[Br-].[Br-]. The predicted octanol–water partition coefficient (Wildman–Crippen LogP) is 4.75.